The third-order valence-electron chi connectivity index (χ3n) is 2.95. The smallest absolute Gasteiger partial charge is 0.151 e. The van der Waals surface area contributed by atoms with Gasteiger partial charge in [0.2, 0.25) is 0 Å². The summed E-state index contributed by atoms with van der Waals surface area (Å²) in [5.74, 6) is 0.766. The molecule has 86 valence electrons. The quantitative estimate of drug-likeness (QED) is 0.748. The van der Waals surface area contributed by atoms with Crippen molar-refractivity contribution in [1.29, 1.82) is 0 Å². The van der Waals surface area contributed by atoms with Gasteiger partial charge < -0.3 is 4.74 Å². The summed E-state index contributed by atoms with van der Waals surface area (Å²) >= 11 is 5.94. The number of carbonyl (C=O) groups is 1. The molecule has 0 bridgehead atoms. The fraction of sp³-hybridized carbons (Fsp3) is 0.462. The molecule has 0 aliphatic heterocycles. The van der Waals surface area contributed by atoms with Crippen molar-refractivity contribution < 1.29 is 9.53 Å². The summed E-state index contributed by atoms with van der Waals surface area (Å²) in [5.41, 5.74) is 0.512. The van der Waals surface area contributed by atoms with E-state index in [1.807, 2.05) is 6.07 Å². The van der Waals surface area contributed by atoms with Crippen LogP contribution in [0.2, 0.25) is 5.02 Å². The van der Waals surface area contributed by atoms with Crippen molar-refractivity contribution in [2.45, 2.75) is 38.2 Å². The van der Waals surface area contributed by atoms with E-state index in [-0.39, 0.29) is 0 Å². The SMILES string of the molecule is O=Cc1ccc(OC2CCCCC2)cc1Cl. The summed E-state index contributed by atoms with van der Waals surface area (Å²) in [7, 11) is 0. The number of carbonyl (C=O) groups excluding carboxylic acids is 1. The van der Waals surface area contributed by atoms with E-state index >= 15 is 0 Å². The average molecular weight is 239 g/mol. The van der Waals surface area contributed by atoms with Crippen molar-refractivity contribution in [2.75, 3.05) is 0 Å². The lowest BCUT2D eigenvalue weighted by Gasteiger charge is -2.23. The van der Waals surface area contributed by atoms with Crippen molar-refractivity contribution in [3.05, 3.63) is 28.8 Å². The highest BCUT2D eigenvalue weighted by Gasteiger charge is 2.15. The zero-order chi connectivity index (χ0) is 11.4. The van der Waals surface area contributed by atoms with E-state index < -0.39 is 0 Å². The maximum atomic E-state index is 10.6. The van der Waals surface area contributed by atoms with E-state index in [9.17, 15) is 4.79 Å². The molecule has 0 N–H and O–H groups in total. The predicted octanol–water partition coefficient (Wildman–Crippen LogP) is 3.86. The molecule has 2 nitrogen and oxygen atoms in total. The Bertz CT molecular complexity index is 370. The van der Waals surface area contributed by atoms with Crippen LogP contribution in [0.1, 0.15) is 42.5 Å². The zero-order valence-electron chi connectivity index (χ0n) is 9.12. The number of halogens is 1. The van der Waals surface area contributed by atoms with Gasteiger partial charge in [-0.25, -0.2) is 0 Å². The molecule has 0 heterocycles. The lowest BCUT2D eigenvalue weighted by atomic mass is 9.98. The summed E-state index contributed by atoms with van der Waals surface area (Å²) in [5, 5.41) is 0.461. The number of rotatable bonds is 3. The van der Waals surface area contributed by atoms with Gasteiger partial charge in [-0.2, -0.15) is 0 Å². The van der Waals surface area contributed by atoms with Gasteiger partial charge in [0.1, 0.15) is 5.75 Å². The Hall–Kier alpha value is -1.02. The highest BCUT2D eigenvalue weighted by molar-refractivity contribution is 6.33. The Balaban J connectivity index is 2.03. The minimum absolute atomic E-state index is 0.312. The molecule has 16 heavy (non-hydrogen) atoms. The Morgan fingerprint density at radius 3 is 2.62 bits per heavy atom. The summed E-state index contributed by atoms with van der Waals surface area (Å²) in [6.07, 6.45) is 7.10. The fourth-order valence-corrected chi connectivity index (χ4v) is 2.27. The average Bonchev–Trinajstić information content (AvgIpc) is 2.31. The second kappa shape index (κ2) is 5.35. The topological polar surface area (TPSA) is 26.3 Å². The molecule has 0 saturated heterocycles. The normalized spacial score (nSPS) is 17.1. The van der Waals surface area contributed by atoms with E-state index in [1.54, 1.807) is 12.1 Å². The molecule has 0 atom stereocenters. The molecular weight excluding hydrogens is 224 g/mol. The molecule has 1 aliphatic rings. The molecule has 2 rings (SSSR count). The second-order valence-corrected chi connectivity index (χ2v) is 4.59. The maximum Gasteiger partial charge on any atom is 0.151 e. The van der Waals surface area contributed by atoms with Crippen molar-refractivity contribution in [3.8, 4) is 5.75 Å². The summed E-state index contributed by atoms with van der Waals surface area (Å²) in [6.45, 7) is 0. The largest absolute Gasteiger partial charge is 0.490 e. The molecule has 1 aromatic carbocycles. The standard InChI is InChI=1S/C13H15ClO2/c14-13-8-12(7-6-10(13)9-15)16-11-4-2-1-3-5-11/h6-9,11H,1-5H2. The lowest BCUT2D eigenvalue weighted by molar-refractivity contribution is 0.112. The third kappa shape index (κ3) is 2.76. The molecule has 3 heteroatoms. The highest BCUT2D eigenvalue weighted by atomic mass is 35.5. The van der Waals surface area contributed by atoms with Crippen LogP contribution in [0.4, 0.5) is 0 Å². The number of hydrogen-bond donors (Lipinski definition) is 0. The predicted molar refractivity (Wildman–Crippen MR) is 64.3 cm³/mol. The first-order chi connectivity index (χ1) is 7.79. The van der Waals surface area contributed by atoms with Crippen molar-refractivity contribution in [3.63, 3.8) is 0 Å². The van der Waals surface area contributed by atoms with Gasteiger partial charge in [-0.15, -0.1) is 0 Å². The minimum atomic E-state index is 0.312. The van der Waals surface area contributed by atoms with Gasteiger partial charge in [0.05, 0.1) is 11.1 Å². The first-order valence-electron chi connectivity index (χ1n) is 5.71. The summed E-state index contributed by atoms with van der Waals surface area (Å²) in [4.78, 5) is 10.6. The van der Waals surface area contributed by atoms with Crippen LogP contribution in [0.3, 0.4) is 0 Å². The minimum Gasteiger partial charge on any atom is -0.490 e. The molecule has 0 unspecified atom stereocenters. The number of hydrogen-bond acceptors (Lipinski definition) is 2. The van der Waals surface area contributed by atoms with E-state index in [1.165, 1.54) is 19.3 Å². The molecule has 1 saturated carbocycles. The van der Waals surface area contributed by atoms with Crippen molar-refractivity contribution >= 4 is 17.9 Å². The molecular formula is C13H15ClO2. The number of aldehydes is 1. The Morgan fingerprint density at radius 2 is 2.00 bits per heavy atom. The van der Waals surface area contributed by atoms with E-state index in [4.69, 9.17) is 16.3 Å². The zero-order valence-corrected chi connectivity index (χ0v) is 9.87. The molecule has 0 spiro atoms. The van der Waals surface area contributed by atoms with Crippen molar-refractivity contribution in [1.82, 2.24) is 0 Å². The van der Waals surface area contributed by atoms with Gasteiger partial charge in [-0.05, 0) is 43.9 Å². The van der Waals surface area contributed by atoms with Crippen LogP contribution in [0.25, 0.3) is 0 Å². The van der Waals surface area contributed by atoms with Crippen LogP contribution < -0.4 is 4.74 Å². The van der Waals surface area contributed by atoms with Crippen LogP contribution in [0.5, 0.6) is 5.75 Å². The second-order valence-electron chi connectivity index (χ2n) is 4.18. The highest BCUT2D eigenvalue weighted by Crippen LogP contribution is 2.26. The number of benzene rings is 1. The van der Waals surface area contributed by atoms with Gasteiger partial charge in [0.25, 0.3) is 0 Å². The summed E-state index contributed by atoms with van der Waals surface area (Å²) in [6, 6.07) is 5.23. The Kier molecular flexibility index (Phi) is 3.83. The third-order valence-corrected chi connectivity index (χ3v) is 3.28. The van der Waals surface area contributed by atoms with Crippen molar-refractivity contribution in [2.24, 2.45) is 0 Å². The van der Waals surface area contributed by atoms with Crippen LogP contribution in [0.15, 0.2) is 18.2 Å². The first kappa shape index (κ1) is 11.5. The Morgan fingerprint density at radius 1 is 1.25 bits per heavy atom. The van der Waals surface area contributed by atoms with Gasteiger partial charge >= 0.3 is 0 Å². The van der Waals surface area contributed by atoms with Crippen LogP contribution >= 0.6 is 11.6 Å². The van der Waals surface area contributed by atoms with Gasteiger partial charge in [-0.1, -0.05) is 18.0 Å². The lowest BCUT2D eigenvalue weighted by Crippen LogP contribution is -2.19. The molecule has 0 amide bonds. The van der Waals surface area contributed by atoms with Crippen LogP contribution in [0, 0.1) is 0 Å². The molecule has 0 radical (unpaired) electrons. The Labute approximate surface area is 101 Å². The molecule has 1 aliphatic carbocycles. The molecule has 1 fully saturated rings. The van der Waals surface area contributed by atoms with E-state index in [2.05, 4.69) is 0 Å². The van der Waals surface area contributed by atoms with Gasteiger partial charge in [-0.3, -0.25) is 4.79 Å². The summed E-state index contributed by atoms with van der Waals surface area (Å²) < 4.78 is 5.84. The number of ether oxygens (including phenoxy) is 1. The van der Waals surface area contributed by atoms with Crippen LogP contribution in [-0.4, -0.2) is 12.4 Å². The fourth-order valence-electron chi connectivity index (χ4n) is 2.05. The van der Waals surface area contributed by atoms with E-state index in [0.29, 0.717) is 16.7 Å². The first-order valence-corrected chi connectivity index (χ1v) is 6.09. The monoisotopic (exact) mass is 238 g/mol. The molecule has 0 aromatic heterocycles. The van der Waals surface area contributed by atoms with Gasteiger partial charge in [0.15, 0.2) is 6.29 Å². The van der Waals surface area contributed by atoms with Gasteiger partial charge in [0, 0.05) is 5.56 Å². The van der Waals surface area contributed by atoms with E-state index in [0.717, 1.165) is 24.9 Å². The van der Waals surface area contributed by atoms with Crippen LogP contribution in [-0.2, 0) is 0 Å². The molecule has 1 aromatic rings. The maximum absolute atomic E-state index is 10.6.